The fourth-order valence-electron chi connectivity index (χ4n) is 1.88. The minimum atomic E-state index is 0.441. The maximum Gasteiger partial charge on any atom is 0.125 e. The molecule has 0 spiro atoms. The molecule has 0 aliphatic heterocycles. The number of ether oxygens (including phenoxy) is 2. The van der Waals surface area contributed by atoms with Crippen LogP contribution in [-0.4, -0.2) is 7.11 Å². The molecule has 0 aromatic heterocycles. The molecular weight excluding hydrogens is 238 g/mol. The number of nitrogen functional groups attached to an aromatic ring is 1. The van der Waals surface area contributed by atoms with Crippen LogP contribution in [0.25, 0.3) is 0 Å². The summed E-state index contributed by atoms with van der Waals surface area (Å²) in [4.78, 5) is 0. The first-order valence-corrected chi connectivity index (χ1v) is 6.22. The van der Waals surface area contributed by atoms with E-state index in [1.807, 2.05) is 30.3 Å². The van der Waals surface area contributed by atoms with Crippen molar-refractivity contribution < 1.29 is 9.47 Å². The number of anilines is 1. The van der Waals surface area contributed by atoms with Gasteiger partial charge in [-0.2, -0.15) is 0 Å². The largest absolute Gasteiger partial charge is 0.496 e. The highest BCUT2D eigenvalue weighted by atomic mass is 16.5. The van der Waals surface area contributed by atoms with Crippen LogP contribution >= 0.6 is 0 Å². The van der Waals surface area contributed by atoms with E-state index in [0.29, 0.717) is 12.3 Å². The number of aryl methyl sites for hydroxylation is 2. The lowest BCUT2D eigenvalue weighted by atomic mass is 10.1. The van der Waals surface area contributed by atoms with Crippen LogP contribution in [0, 0.1) is 13.8 Å². The summed E-state index contributed by atoms with van der Waals surface area (Å²) in [6.45, 7) is 4.60. The number of hydrogen-bond acceptors (Lipinski definition) is 3. The second kappa shape index (κ2) is 5.65. The second-order valence-electron chi connectivity index (χ2n) is 4.61. The Morgan fingerprint density at radius 3 is 2.47 bits per heavy atom. The van der Waals surface area contributed by atoms with Gasteiger partial charge in [-0.15, -0.1) is 0 Å². The molecule has 2 N–H and O–H groups in total. The fourth-order valence-corrected chi connectivity index (χ4v) is 1.88. The predicted octanol–water partition coefficient (Wildman–Crippen LogP) is 3.47. The van der Waals surface area contributed by atoms with E-state index in [9.17, 15) is 0 Å². The third kappa shape index (κ3) is 3.19. The van der Waals surface area contributed by atoms with Crippen molar-refractivity contribution in [2.24, 2.45) is 0 Å². The molecule has 0 aliphatic rings. The summed E-state index contributed by atoms with van der Waals surface area (Å²) in [6.07, 6.45) is 0. The normalized spacial score (nSPS) is 10.3. The van der Waals surface area contributed by atoms with Gasteiger partial charge in [-0.3, -0.25) is 0 Å². The Kier molecular flexibility index (Phi) is 3.95. The Morgan fingerprint density at radius 1 is 1.00 bits per heavy atom. The standard InChI is InChI=1S/C16H19NO2/c1-11-4-6-15(8-12(11)2)19-10-13-9-14(17)5-7-16(13)18-3/h4-9H,10,17H2,1-3H3. The Labute approximate surface area is 114 Å². The fraction of sp³-hybridized carbons (Fsp3) is 0.250. The Balaban J connectivity index is 2.13. The molecule has 2 rings (SSSR count). The van der Waals surface area contributed by atoms with E-state index in [1.165, 1.54) is 11.1 Å². The molecule has 19 heavy (non-hydrogen) atoms. The van der Waals surface area contributed by atoms with Gasteiger partial charge in [0.05, 0.1) is 7.11 Å². The van der Waals surface area contributed by atoms with Gasteiger partial charge in [-0.25, -0.2) is 0 Å². The minimum Gasteiger partial charge on any atom is -0.496 e. The number of nitrogens with two attached hydrogens (primary N) is 1. The number of benzene rings is 2. The van der Waals surface area contributed by atoms with Crippen molar-refractivity contribution in [2.75, 3.05) is 12.8 Å². The van der Waals surface area contributed by atoms with Crippen molar-refractivity contribution in [3.63, 3.8) is 0 Å². The lowest BCUT2D eigenvalue weighted by Gasteiger charge is -2.12. The van der Waals surface area contributed by atoms with Crippen LogP contribution < -0.4 is 15.2 Å². The first kappa shape index (κ1) is 13.3. The van der Waals surface area contributed by atoms with E-state index in [-0.39, 0.29) is 0 Å². The Hall–Kier alpha value is -2.16. The zero-order valence-corrected chi connectivity index (χ0v) is 11.6. The van der Waals surface area contributed by atoms with Crippen LogP contribution in [0.1, 0.15) is 16.7 Å². The zero-order valence-electron chi connectivity index (χ0n) is 11.6. The summed E-state index contributed by atoms with van der Waals surface area (Å²) in [6, 6.07) is 11.6. The summed E-state index contributed by atoms with van der Waals surface area (Å²) in [5.41, 5.74) is 9.91. The van der Waals surface area contributed by atoms with Crippen molar-refractivity contribution in [3.8, 4) is 11.5 Å². The van der Waals surface area contributed by atoms with E-state index >= 15 is 0 Å². The molecule has 2 aromatic carbocycles. The molecule has 0 radical (unpaired) electrons. The van der Waals surface area contributed by atoms with Gasteiger partial charge < -0.3 is 15.2 Å². The molecule has 0 bridgehead atoms. The number of rotatable bonds is 4. The molecule has 2 aromatic rings. The zero-order chi connectivity index (χ0) is 13.8. The van der Waals surface area contributed by atoms with E-state index in [2.05, 4.69) is 19.9 Å². The van der Waals surface area contributed by atoms with Crippen molar-refractivity contribution in [1.29, 1.82) is 0 Å². The second-order valence-corrected chi connectivity index (χ2v) is 4.61. The summed E-state index contributed by atoms with van der Waals surface area (Å²) in [5.74, 6) is 1.64. The van der Waals surface area contributed by atoms with Gasteiger partial charge >= 0.3 is 0 Å². The molecule has 0 amide bonds. The topological polar surface area (TPSA) is 44.5 Å². The molecule has 3 heteroatoms. The van der Waals surface area contributed by atoms with Crippen molar-refractivity contribution >= 4 is 5.69 Å². The third-order valence-electron chi connectivity index (χ3n) is 3.18. The highest BCUT2D eigenvalue weighted by Crippen LogP contribution is 2.24. The van der Waals surface area contributed by atoms with Gasteiger partial charge in [0, 0.05) is 11.3 Å². The van der Waals surface area contributed by atoms with Crippen LogP contribution in [-0.2, 0) is 6.61 Å². The highest BCUT2D eigenvalue weighted by Gasteiger charge is 2.05. The maximum absolute atomic E-state index is 5.79. The molecule has 100 valence electrons. The quantitative estimate of drug-likeness (QED) is 0.853. The molecule has 0 atom stereocenters. The van der Waals surface area contributed by atoms with E-state index in [1.54, 1.807) is 7.11 Å². The molecular formula is C16H19NO2. The highest BCUT2D eigenvalue weighted by molar-refractivity contribution is 5.47. The Morgan fingerprint density at radius 2 is 1.79 bits per heavy atom. The lowest BCUT2D eigenvalue weighted by molar-refractivity contribution is 0.296. The first-order valence-electron chi connectivity index (χ1n) is 6.22. The molecule has 0 aliphatic carbocycles. The summed E-state index contributed by atoms with van der Waals surface area (Å²) in [5, 5.41) is 0. The molecule has 0 unspecified atom stereocenters. The van der Waals surface area contributed by atoms with Crippen LogP contribution in [0.2, 0.25) is 0 Å². The van der Waals surface area contributed by atoms with Gasteiger partial charge in [0.1, 0.15) is 18.1 Å². The molecule has 0 heterocycles. The van der Waals surface area contributed by atoms with Gasteiger partial charge in [-0.05, 0) is 55.3 Å². The number of hydrogen-bond donors (Lipinski definition) is 1. The van der Waals surface area contributed by atoms with Gasteiger partial charge in [0.2, 0.25) is 0 Å². The van der Waals surface area contributed by atoms with E-state index in [0.717, 1.165) is 17.1 Å². The molecule has 3 nitrogen and oxygen atoms in total. The smallest absolute Gasteiger partial charge is 0.125 e. The van der Waals surface area contributed by atoms with Crippen LogP contribution in [0.5, 0.6) is 11.5 Å². The maximum atomic E-state index is 5.79. The van der Waals surface area contributed by atoms with Crippen molar-refractivity contribution in [3.05, 3.63) is 53.1 Å². The van der Waals surface area contributed by atoms with Crippen LogP contribution in [0.4, 0.5) is 5.69 Å². The van der Waals surface area contributed by atoms with E-state index < -0.39 is 0 Å². The first-order chi connectivity index (χ1) is 9.10. The average molecular weight is 257 g/mol. The van der Waals surface area contributed by atoms with Crippen LogP contribution in [0.15, 0.2) is 36.4 Å². The Bertz CT molecular complexity index is 579. The van der Waals surface area contributed by atoms with E-state index in [4.69, 9.17) is 15.2 Å². The lowest BCUT2D eigenvalue weighted by Crippen LogP contribution is -2.00. The van der Waals surface area contributed by atoms with Crippen molar-refractivity contribution in [2.45, 2.75) is 20.5 Å². The summed E-state index contributed by atoms with van der Waals surface area (Å²) >= 11 is 0. The van der Waals surface area contributed by atoms with Gasteiger partial charge in [0.15, 0.2) is 0 Å². The number of methoxy groups -OCH3 is 1. The summed E-state index contributed by atoms with van der Waals surface area (Å²) < 4.78 is 11.1. The predicted molar refractivity (Wildman–Crippen MR) is 77.7 cm³/mol. The van der Waals surface area contributed by atoms with Crippen molar-refractivity contribution in [1.82, 2.24) is 0 Å². The molecule has 0 saturated heterocycles. The van der Waals surface area contributed by atoms with Gasteiger partial charge in [-0.1, -0.05) is 6.07 Å². The molecule has 0 saturated carbocycles. The summed E-state index contributed by atoms with van der Waals surface area (Å²) in [7, 11) is 1.64. The SMILES string of the molecule is COc1ccc(N)cc1COc1ccc(C)c(C)c1. The third-order valence-corrected chi connectivity index (χ3v) is 3.18. The average Bonchev–Trinajstić information content (AvgIpc) is 2.40. The monoisotopic (exact) mass is 257 g/mol. The van der Waals surface area contributed by atoms with Crippen LogP contribution in [0.3, 0.4) is 0 Å². The molecule has 0 fully saturated rings. The van der Waals surface area contributed by atoms with Gasteiger partial charge in [0.25, 0.3) is 0 Å². The minimum absolute atomic E-state index is 0.441.